The number of thioether (sulfide) groups is 1. The third kappa shape index (κ3) is 11.6. The number of benzene rings is 2. The molecule has 8 heteroatoms. The van der Waals surface area contributed by atoms with E-state index in [1.54, 1.807) is 18.7 Å². The number of rotatable bonds is 10. The molecule has 0 fully saturated rings. The molecule has 0 radical (unpaired) electrons. The number of carbonyl (C=O) groups excluding carboxylic acids is 3. The minimum atomic E-state index is -0.562. The van der Waals surface area contributed by atoms with E-state index in [9.17, 15) is 19.5 Å². The van der Waals surface area contributed by atoms with Gasteiger partial charge in [0.05, 0.1) is 24.5 Å². The highest BCUT2D eigenvalue weighted by Crippen LogP contribution is 2.20. The maximum absolute atomic E-state index is 13.4. The van der Waals surface area contributed by atoms with Gasteiger partial charge in [-0.3, -0.25) is 14.4 Å². The van der Waals surface area contributed by atoms with Crippen molar-refractivity contribution in [1.82, 2.24) is 10.6 Å². The standard InChI is InChI=1S/C32H42N2O5S/c1-24(20-35)33-30(36)19-27-16-10-2-3-11-17-28(18-25-12-6-4-7-13-25)32(38)39-21-29(34-31(27)37)23-40-22-26-14-8-5-9-15-26/h2,4-10,12-15,24,27-29,35H,3,11,16-23H2,1H3,(H,33,36)(H,34,37). The molecule has 0 saturated heterocycles. The Balaban J connectivity index is 1.72. The number of hydrogen-bond acceptors (Lipinski definition) is 6. The van der Waals surface area contributed by atoms with Crippen LogP contribution in [0.5, 0.6) is 0 Å². The van der Waals surface area contributed by atoms with Gasteiger partial charge < -0.3 is 20.5 Å². The van der Waals surface area contributed by atoms with E-state index >= 15 is 0 Å². The molecule has 2 aromatic carbocycles. The summed E-state index contributed by atoms with van der Waals surface area (Å²) >= 11 is 1.66. The summed E-state index contributed by atoms with van der Waals surface area (Å²) < 4.78 is 5.83. The molecular weight excluding hydrogens is 524 g/mol. The van der Waals surface area contributed by atoms with Crippen molar-refractivity contribution in [3.63, 3.8) is 0 Å². The fourth-order valence-electron chi connectivity index (χ4n) is 4.59. The monoisotopic (exact) mass is 566 g/mol. The summed E-state index contributed by atoms with van der Waals surface area (Å²) in [6.45, 7) is 1.62. The number of nitrogens with one attached hydrogen (secondary N) is 2. The summed E-state index contributed by atoms with van der Waals surface area (Å²) in [7, 11) is 0. The van der Waals surface area contributed by atoms with Crippen molar-refractivity contribution < 1.29 is 24.2 Å². The Morgan fingerprint density at radius 1 is 1.05 bits per heavy atom. The molecule has 1 aliphatic rings. The Kier molecular flexibility index (Phi) is 13.8. The van der Waals surface area contributed by atoms with E-state index in [0.717, 1.165) is 24.2 Å². The summed E-state index contributed by atoms with van der Waals surface area (Å²) in [5, 5.41) is 15.1. The summed E-state index contributed by atoms with van der Waals surface area (Å²) in [5.74, 6) is -0.243. The predicted molar refractivity (Wildman–Crippen MR) is 160 cm³/mol. The molecule has 4 unspecified atom stereocenters. The molecule has 40 heavy (non-hydrogen) atoms. The van der Waals surface area contributed by atoms with E-state index in [2.05, 4.69) is 22.8 Å². The predicted octanol–water partition coefficient (Wildman–Crippen LogP) is 4.44. The van der Waals surface area contributed by atoms with E-state index < -0.39 is 12.0 Å². The van der Waals surface area contributed by atoms with Crippen LogP contribution in [-0.2, 0) is 31.3 Å². The molecular formula is C32H42N2O5S. The van der Waals surface area contributed by atoms with Crippen LogP contribution in [0.25, 0.3) is 0 Å². The maximum atomic E-state index is 13.4. The highest BCUT2D eigenvalue weighted by molar-refractivity contribution is 7.98. The topological polar surface area (TPSA) is 105 Å². The fourth-order valence-corrected chi connectivity index (χ4v) is 5.60. The van der Waals surface area contributed by atoms with E-state index in [1.165, 1.54) is 5.56 Å². The molecule has 1 heterocycles. The first-order valence-corrected chi connectivity index (χ1v) is 15.3. The van der Waals surface area contributed by atoms with Gasteiger partial charge in [0.2, 0.25) is 11.8 Å². The van der Waals surface area contributed by atoms with Gasteiger partial charge in [0.25, 0.3) is 0 Å². The summed E-state index contributed by atoms with van der Waals surface area (Å²) in [6.07, 6.45) is 7.37. The molecule has 216 valence electrons. The molecule has 0 aromatic heterocycles. The first-order chi connectivity index (χ1) is 19.4. The lowest BCUT2D eigenvalue weighted by atomic mass is 9.93. The minimum absolute atomic E-state index is 0.0172. The molecule has 0 spiro atoms. The van der Waals surface area contributed by atoms with Crippen LogP contribution in [0.2, 0.25) is 0 Å². The first-order valence-electron chi connectivity index (χ1n) is 14.1. The third-order valence-corrected chi connectivity index (χ3v) is 8.03. The Bertz CT molecular complexity index is 1080. The zero-order valence-corrected chi connectivity index (χ0v) is 24.1. The molecule has 3 rings (SSSR count). The van der Waals surface area contributed by atoms with Gasteiger partial charge in [-0.1, -0.05) is 72.8 Å². The van der Waals surface area contributed by atoms with Crippen LogP contribution in [0.4, 0.5) is 0 Å². The Hall–Kier alpha value is -3.10. The lowest BCUT2D eigenvalue weighted by molar-refractivity contribution is -0.150. The van der Waals surface area contributed by atoms with Crippen molar-refractivity contribution in [2.24, 2.45) is 11.8 Å². The quantitative estimate of drug-likeness (QED) is 0.290. The van der Waals surface area contributed by atoms with Gasteiger partial charge in [0, 0.05) is 24.0 Å². The highest BCUT2D eigenvalue weighted by Gasteiger charge is 2.26. The molecule has 1 aliphatic heterocycles. The van der Waals surface area contributed by atoms with Crippen LogP contribution in [-0.4, -0.2) is 53.9 Å². The van der Waals surface area contributed by atoms with Crippen molar-refractivity contribution in [3.05, 3.63) is 83.9 Å². The number of carbonyl (C=O) groups is 3. The average Bonchev–Trinajstić information content (AvgIpc) is 2.96. The van der Waals surface area contributed by atoms with Crippen molar-refractivity contribution >= 4 is 29.5 Å². The van der Waals surface area contributed by atoms with Crippen LogP contribution in [0, 0.1) is 11.8 Å². The Morgan fingerprint density at radius 2 is 1.75 bits per heavy atom. The van der Waals surface area contributed by atoms with E-state index in [0.29, 0.717) is 25.0 Å². The van der Waals surface area contributed by atoms with Crippen LogP contribution in [0.15, 0.2) is 72.8 Å². The smallest absolute Gasteiger partial charge is 0.309 e. The number of ether oxygens (including phenoxy) is 1. The number of aliphatic hydroxyl groups is 1. The second-order valence-corrected chi connectivity index (χ2v) is 11.4. The molecule has 4 atom stereocenters. The van der Waals surface area contributed by atoms with Crippen LogP contribution in [0.3, 0.4) is 0 Å². The lowest BCUT2D eigenvalue weighted by Crippen LogP contribution is -2.45. The van der Waals surface area contributed by atoms with Gasteiger partial charge in [-0.15, -0.1) is 0 Å². The van der Waals surface area contributed by atoms with Crippen LogP contribution < -0.4 is 10.6 Å². The first kappa shape index (κ1) is 31.4. The molecule has 0 aliphatic carbocycles. The third-order valence-electron chi connectivity index (χ3n) is 6.86. The minimum Gasteiger partial charge on any atom is -0.463 e. The van der Waals surface area contributed by atoms with Crippen LogP contribution in [0.1, 0.15) is 50.2 Å². The average molecular weight is 567 g/mol. The lowest BCUT2D eigenvalue weighted by Gasteiger charge is -2.24. The van der Waals surface area contributed by atoms with Gasteiger partial charge >= 0.3 is 5.97 Å². The molecule has 2 aromatic rings. The van der Waals surface area contributed by atoms with Gasteiger partial charge in [0.15, 0.2) is 0 Å². The number of cyclic esters (lactones) is 1. The van der Waals surface area contributed by atoms with Crippen molar-refractivity contribution in [2.75, 3.05) is 19.0 Å². The number of hydrogen-bond donors (Lipinski definition) is 3. The van der Waals surface area contributed by atoms with Crippen LogP contribution >= 0.6 is 11.8 Å². The molecule has 2 amide bonds. The molecule has 3 N–H and O–H groups in total. The zero-order valence-electron chi connectivity index (χ0n) is 23.3. The summed E-state index contributed by atoms with van der Waals surface area (Å²) in [4.78, 5) is 39.1. The number of allylic oxidation sites excluding steroid dienone is 2. The SMILES string of the molecule is CC(CO)NC(=O)CC1CC=CCCCC(Cc2ccccc2)C(=O)OCC(CSCc2ccccc2)NC1=O. The Labute approximate surface area is 242 Å². The Morgan fingerprint density at radius 3 is 2.45 bits per heavy atom. The fraction of sp³-hybridized carbons (Fsp3) is 0.469. The largest absolute Gasteiger partial charge is 0.463 e. The number of amides is 2. The molecule has 0 saturated carbocycles. The van der Waals surface area contributed by atoms with Crippen molar-refractivity contribution in [3.8, 4) is 0 Å². The molecule has 0 bridgehead atoms. The second kappa shape index (κ2) is 17.6. The van der Waals surface area contributed by atoms with Gasteiger partial charge in [-0.05, 0) is 50.2 Å². The van der Waals surface area contributed by atoms with E-state index in [1.807, 2.05) is 60.7 Å². The van der Waals surface area contributed by atoms with Gasteiger partial charge in [0.1, 0.15) is 6.61 Å². The normalized spacial score (nSPS) is 21.5. The number of aliphatic hydroxyl groups excluding tert-OH is 1. The second-order valence-electron chi connectivity index (χ2n) is 10.4. The summed E-state index contributed by atoms with van der Waals surface area (Å²) in [6, 6.07) is 19.3. The van der Waals surface area contributed by atoms with Crippen molar-refractivity contribution in [1.29, 1.82) is 0 Å². The van der Waals surface area contributed by atoms with Crippen molar-refractivity contribution in [2.45, 2.75) is 63.3 Å². The highest BCUT2D eigenvalue weighted by atomic mass is 32.2. The number of esters is 1. The summed E-state index contributed by atoms with van der Waals surface area (Å²) in [5.41, 5.74) is 2.28. The van der Waals surface area contributed by atoms with E-state index in [-0.39, 0.29) is 49.4 Å². The molecule has 7 nitrogen and oxygen atoms in total. The maximum Gasteiger partial charge on any atom is 0.309 e. The van der Waals surface area contributed by atoms with E-state index in [4.69, 9.17) is 4.74 Å². The van der Waals surface area contributed by atoms with Gasteiger partial charge in [-0.25, -0.2) is 0 Å². The van der Waals surface area contributed by atoms with Gasteiger partial charge in [-0.2, -0.15) is 11.8 Å². The zero-order chi connectivity index (χ0) is 28.6.